The van der Waals surface area contributed by atoms with Crippen LogP contribution in [0.25, 0.3) is 11.8 Å². The number of carbonyl (C=O) groups is 2. The highest BCUT2D eigenvalue weighted by atomic mass is 16.5. The topological polar surface area (TPSA) is 51.5 Å². The minimum Gasteiger partial charge on any atom is -0.465 e. The Balaban J connectivity index is 1.86. The summed E-state index contributed by atoms with van der Waals surface area (Å²) in [6.45, 7) is 12.0. The minimum atomic E-state index is -0.518. The molecule has 0 N–H and O–H groups in total. The van der Waals surface area contributed by atoms with Crippen molar-refractivity contribution in [2.45, 2.75) is 41.5 Å². The molecule has 2 aromatic carbocycles. The predicted octanol–water partition coefficient (Wildman–Crippen LogP) is 5.90. The van der Waals surface area contributed by atoms with Gasteiger partial charge in [-0.3, -0.25) is 9.69 Å². The number of anilines is 1. The first-order valence-corrected chi connectivity index (χ1v) is 11.3. The zero-order valence-electron chi connectivity index (χ0n) is 20.8. The summed E-state index contributed by atoms with van der Waals surface area (Å²) in [6.07, 6.45) is 1.82. The van der Waals surface area contributed by atoms with Crippen LogP contribution in [0.5, 0.6) is 0 Å². The fraction of sp³-hybridized carbons (Fsp3) is 0.241. The number of rotatable bonds is 4. The molecule has 0 unspecified atom stereocenters. The Bertz CT molecular complexity index is 1390. The first-order chi connectivity index (χ1) is 16.1. The highest BCUT2D eigenvalue weighted by Crippen LogP contribution is 2.36. The molecule has 1 aliphatic heterocycles. The quantitative estimate of drug-likeness (QED) is 0.364. The summed E-state index contributed by atoms with van der Waals surface area (Å²) in [6, 6.07) is 16.1. The fourth-order valence-corrected chi connectivity index (χ4v) is 4.77. The van der Waals surface area contributed by atoms with Crippen LogP contribution in [0.1, 0.15) is 40.6 Å². The van der Waals surface area contributed by atoms with E-state index in [1.807, 2.05) is 51.1 Å². The SMILES string of the molecule is COC(=O)C1=C(C)N(c2cccc(C)c2)C(=O)/C1=C/c1cc(C)n(-c2ccc(C)cc2C)c1C. The van der Waals surface area contributed by atoms with Crippen molar-refractivity contribution in [3.8, 4) is 5.69 Å². The second-order valence-corrected chi connectivity index (χ2v) is 8.94. The number of esters is 1. The first kappa shape index (κ1) is 23.3. The van der Waals surface area contributed by atoms with Gasteiger partial charge in [-0.1, -0.05) is 29.8 Å². The van der Waals surface area contributed by atoms with Crippen LogP contribution in [0.3, 0.4) is 0 Å². The molecule has 0 aliphatic carbocycles. The summed E-state index contributed by atoms with van der Waals surface area (Å²) in [5, 5.41) is 0. The number of nitrogens with zero attached hydrogens (tertiary/aromatic N) is 2. The number of methoxy groups -OCH3 is 1. The van der Waals surface area contributed by atoms with Crippen molar-refractivity contribution in [1.29, 1.82) is 0 Å². The van der Waals surface area contributed by atoms with Gasteiger partial charge in [0.2, 0.25) is 0 Å². The van der Waals surface area contributed by atoms with Crippen LogP contribution in [0.4, 0.5) is 5.69 Å². The summed E-state index contributed by atoms with van der Waals surface area (Å²) in [4.78, 5) is 28.0. The van der Waals surface area contributed by atoms with Crippen LogP contribution >= 0.6 is 0 Å². The lowest BCUT2D eigenvalue weighted by atomic mass is 10.0. The van der Waals surface area contributed by atoms with E-state index in [1.54, 1.807) is 11.8 Å². The van der Waals surface area contributed by atoms with Gasteiger partial charge in [0, 0.05) is 28.5 Å². The van der Waals surface area contributed by atoms with Gasteiger partial charge in [-0.05, 0) is 88.6 Å². The molecule has 4 rings (SSSR count). The minimum absolute atomic E-state index is 0.236. The largest absolute Gasteiger partial charge is 0.465 e. The van der Waals surface area contributed by atoms with E-state index in [2.05, 4.69) is 42.7 Å². The lowest BCUT2D eigenvalue weighted by molar-refractivity contribution is -0.136. The second kappa shape index (κ2) is 8.82. The molecule has 1 aromatic heterocycles. The Morgan fingerprint density at radius 1 is 0.912 bits per heavy atom. The monoisotopic (exact) mass is 454 g/mol. The molecular formula is C29H30N2O3. The van der Waals surface area contributed by atoms with Gasteiger partial charge >= 0.3 is 5.97 Å². The molecule has 0 radical (unpaired) electrons. The van der Waals surface area contributed by atoms with Crippen LogP contribution < -0.4 is 4.90 Å². The molecule has 1 aliphatic rings. The highest BCUT2D eigenvalue weighted by Gasteiger charge is 2.38. The van der Waals surface area contributed by atoms with Crippen molar-refractivity contribution in [2.75, 3.05) is 12.0 Å². The summed E-state index contributed by atoms with van der Waals surface area (Å²) >= 11 is 0. The molecule has 5 nitrogen and oxygen atoms in total. The maximum Gasteiger partial charge on any atom is 0.340 e. The third-order valence-corrected chi connectivity index (χ3v) is 6.41. The van der Waals surface area contributed by atoms with Crippen molar-refractivity contribution in [3.05, 3.63) is 99.0 Å². The molecular weight excluding hydrogens is 424 g/mol. The lowest BCUT2D eigenvalue weighted by Crippen LogP contribution is -2.24. The highest BCUT2D eigenvalue weighted by molar-refractivity contribution is 6.23. The summed E-state index contributed by atoms with van der Waals surface area (Å²) in [5.41, 5.74) is 9.40. The normalized spacial score (nSPS) is 15.0. The Morgan fingerprint density at radius 2 is 1.62 bits per heavy atom. The van der Waals surface area contributed by atoms with E-state index in [4.69, 9.17) is 4.74 Å². The number of hydrogen-bond donors (Lipinski definition) is 0. The second-order valence-electron chi connectivity index (χ2n) is 8.94. The Kier molecular flexibility index (Phi) is 6.05. The van der Waals surface area contributed by atoms with Crippen LogP contribution in [-0.4, -0.2) is 23.6 Å². The van der Waals surface area contributed by atoms with Crippen LogP contribution in [0.15, 0.2) is 65.4 Å². The third-order valence-electron chi connectivity index (χ3n) is 6.41. The lowest BCUT2D eigenvalue weighted by Gasteiger charge is -2.18. The Hall–Kier alpha value is -3.86. The van der Waals surface area contributed by atoms with Crippen LogP contribution in [0.2, 0.25) is 0 Å². The van der Waals surface area contributed by atoms with Gasteiger partial charge in [-0.25, -0.2) is 4.79 Å². The number of ether oxygens (including phenoxy) is 1. The number of hydrogen-bond acceptors (Lipinski definition) is 3. The van der Waals surface area contributed by atoms with Gasteiger partial charge in [0.15, 0.2) is 0 Å². The Morgan fingerprint density at radius 3 is 2.26 bits per heavy atom. The van der Waals surface area contributed by atoms with Crippen molar-refractivity contribution in [1.82, 2.24) is 4.57 Å². The molecule has 2 heterocycles. The average molecular weight is 455 g/mol. The van der Waals surface area contributed by atoms with E-state index in [1.165, 1.54) is 18.2 Å². The molecule has 174 valence electrons. The first-order valence-electron chi connectivity index (χ1n) is 11.3. The summed E-state index contributed by atoms with van der Waals surface area (Å²) < 4.78 is 7.25. The van der Waals surface area contributed by atoms with Gasteiger partial charge in [-0.15, -0.1) is 0 Å². The van der Waals surface area contributed by atoms with Gasteiger partial charge in [0.1, 0.15) is 0 Å². The van der Waals surface area contributed by atoms with Crippen molar-refractivity contribution in [3.63, 3.8) is 0 Å². The molecule has 5 heteroatoms. The standard InChI is InChI=1S/C29H30N2O3/c1-17-9-8-10-24(14-17)31-22(6)27(29(33)34-7)25(28(31)32)16-23-15-20(4)30(21(23)5)26-12-11-18(2)13-19(26)3/h8-16H,1-7H3/b25-16+. The van der Waals surface area contributed by atoms with E-state index >= 15 is 0 Å². The molecule has 0 atom stereocenters. The Labute approximate surface area is 201 Å². The number of aromatic nitrogens is 1. The van der Waals surface area contributed by atoms with E-state index < -0.39 is 5.97 Å². The number of benzene rings is 2. The zero-order valence-corrected chi connectivity index (χ0v) is 20.8. The number of carbonyl (C=O) groups excluding carboxylic acids is 2. The smallest absolute Gasteiger partial charge is 0.340 e. The molecule has 3 aromatic rings. The molecule has 0 saturated carbocycles. The van der Waals surface area contributed by atoms with Crippen molar-refractivity contribution >= 4 is 23.6 Å². The van der Waals surface area contributed by atoms with Gasteiger partial charge in [0.25, 0.3) is 5.91 Å². The molecule has 34 heavy (non-hydrogen) atoms. The fourth-order valence-electron chi connectivity index (χ4n) is 4.77. The maximum absolute atomic E-state index is 13.6. The van der Waals surface area contributed by atoms with Crippen LogP contribution in [0, 0.1) is 34.6 Å². The molecule has 0 bridgehead atoms. The number of amides is 1. The maximum atomic E-state index is 13.6. The summed E-state index contributed by atoms with van der Waals surface area (Å²) in [7, 11) is 1.34. The van der Waals surface area contributed by atoms with E-state index in [9.17, 15) is 9.59 Å². The van der Waals surface area contributed by atoms with Gasteiger partial charge < -0.3 is 9.30 Å². The van der Waals surface area contributed by atoms with E-state index in [0.717, 1.165) is 33.9 Å². The van der Waals surface area contributed by atoms with Gasteiger partial charge in [-0.2, -0.15) is 0 Å². The predicted molar refractivity (Wildman–Crippen MR) is 136 cm³/mol. The van der Waals surface area contributed by atoms with Gasteiger partial charge in [0.05, 0.1) is 18.3 Å². The molecule has 0 spiro atoms. The number of aryl methyl sites for hydroxylation is 4. The summed E-state index contributed by atoms with van der Waals surface area (Å²) in [5.74, 6) is -0.754. The average Bonchev–Trinajstić information content (AvgIpc) is 3.19. The molecule has 1 amide bonds. The zero-order chi connectivity index (χ0) is 24.7. The number of allylic oxidation sites excluding steroid dienone is 1. The molecule has 0 saturated heterocycles. The van der Waals surface area contributed by atoms with Crippen LogP contribution in [-0.2, 0) is 14.3 Å². The van der Waals surface area contributed by atoms with E-state index in [0.29, 0.717) is 16.8 Å². The van der Waals surface area contributed by atoms with E-state index in [-0.39, 0.29) is 5.91 Å². The third kappa shape index (κ3) is 3.87. The van der Waals surface area contributed by atoms with Crippen molar-refractivity contribution in [2.24, 2.45) is 0 Å². The van der Waals surface area contributed by atoms with Crippen molar-refractivity contribution < 1.29 is 14.3 Å². The molecule has 0 fully saturated rings.